The highest BCUT2D eigenvalue weighted by Crippen LogP contribution is 2.33. The molecule has 3 rings (SSSR count). The van der Waals surface area contributed by atoms with E-state index in [2.05, 4.69) is 0 Å². The Morgan fingerprint density at radius 2 is 1.63 bits per heavy atom. The molecule has 0 amide bonds. The van der Waals surface area contributed by atoms with Crippen LogP contribution in [0.5, 0.6) is 17.2 Å². The lowest BCUT2D eigenvalue weighted by Gasteiger charge is -2.14. The average molecular weight is 404 g/mol. The van der Waals surface area contributed by atoms with Gasteiger partial charge in [-0.1, -0.05) is 48.6 Å². The van der Waals surface area contributed by atoms with Crippen molar-refractivity contribution in [1.29, 1.82) is 0 Å². The third-order valence-corrected chi connectivity index (χ3v) is 4.53. The van der Waals surface area contributed by atoms with Crippen molar-refractivity contribution in [3.8, 4) is 17.2 Å². The zero-order valence-corrected chi connectivity index (χ0v) is 17.3. The van der Waals surface area contributed by atoms with E-state index in [9.17, 15) is 4.79 Å². The Labute approximate surface area is 176 Å². The Morgan fingerprint density at radius 3 is 2.33 bits per heavy atom. The van der Waals surface area contributed by atoms with Gasteiger partial charge in [0, 0.05) is 5.56 Å². The molecule has 0 saturated carbocycles. The predicted octanol–water partition coefficient (Wildman–Crippen LogP) is 5.24. The number of carbonyl (C=O) groups is 1. The van der Waals surface area contributed by atoms with Gasteiger partial charge in [0.1, 0.15) is 12.4 Å². The molecule has 30 heavy (non-hydrogen) atoms. The lowest BCUT2D eigenvalue weighted by molar-refractivity contribution is 0.0600. The smallest absolute Gasteiger partial charge is 0.337 e. The molecule has 0 N–H and O–H groups in total. The van der Waals surface area contributed by atoms with E-state index in [0.29, 0.717) is 23.7 Å². The summed E-state index contributed by atoms with van der Waals surface area (Å²) in [5, 5.41) is 0. The van der Waals surface area contributed by atoms with Gasteiger partial charge in [-0.3, -0.25) is 0 Å². The minimum atomic E-state index is -0.355. The van der Waals surface area contributed by atoms with Gasteiger partial charge in [-0.05, 0) is 41.5 Å². The second-order valence-corrected chi connectivity index (χ2v) is 6.47. The second-order valence-electron chi connectivity index (χ2n) is 6.47. The van der Waals surface area contributed by atoms with Crippen LogP contribution in [0.2, 0.25) is 0 Å². The maximum atomic E-state index is 11.6. The summed E-state index contributed by atoms with van der Waals surface area (Å²) >= 11 is 0. The maximum absolute atomic E-state index is 11.6. The molecule has 3 aromatic rings. The Hall–Kier alpha value is -3.73. The average Bonchev–Trinajstić information content (AvgIpc) is 2.81. The van der Waals surface area contributed by atoms with Gasteiger partial charge >= 0.3 is 5.97 Å². The molecule has 0 fully saturated rings. The van der Waals surface area contributed by atoms with Crippen molar-refractivity contribution < 1.29 is 23.7 Å². The maximum Gasteiger partial charge on any atom is 0.337 e. The number of hydrogen-bond donors (Lipinski definition) is 0. The number of carbonyl (C=O) groups excluding carboxylic acids is 1. The molecule has 0 spiro atoms. The Balaban J connectivity index is 1.81. The quantitative estimate of drug-likeness (QED) is 0.380. The summed E-state index contributed by atoms with van der Waals surface area (Å²) in [4.78, 5) is 11.6. The number of rotatable bonds is 8. The summed E-state index contributed by atoms with van der Waals surface area (Å²) in [5.41, 5.74) is 3.34. The highest BCUT2D eigenvalue weighted by molar-refractivity contribution is 5.89. The number of para-hydroxylation sites is 1. The number of benzene rings is 3. The minimum Gasteiger partial charge on any atom is -0.497 e. The van der Waals surface area contributed by atoms with Crippen LogP contribution in [0.1, 0.15) is 27.0 Å². The summed E-state index contributed by atoms with van der Waals surface area (Å²) in [6.07, 6.45) is 3.91. The summed E-state index contributed by atoms with van der Waals surface area (Å²) in [6.45, 7) is 0.381. The molecule has 0 heterocycles. The Kier molecular flexibility index (Phi) is 7.11. The van der Waals surface area contributed by atoms with Crippen LogP contribution in [0.25, 0.3) is 12.2 Å². The molecule has 5 nitrogen and oxygen atoms in total. The Morgan fingerprint density at radius 1 is 0.867 bits per heavy atom. The van der Waals surface area contributed by atoms with E-state index in [1.807, 2.05) is 66.7 Å². The molecule has 0 aliphatic heterocycles. The molecule has 0 aliphatic rings. The first kappa shape index (κ1) is 21.0. The molecular weight excluding hydrogens is 380 g/mol. The molecule has 0 aromatic heterocycles. The van der Waals surface area contributed by atoms with Crippen molar-refractivity contribution in [2.45, 2.75) is 6.61 Å². The third-order valence-electron chi connectivity index (χ3n) is 4.53. The van der Waals surface area contributed by atoms with Crippen LogP contribution in [-0.4, -0.2) is 27.3 Å². The summed E-state index contributed by atoms with van der Waals surface area (Å²) < 4.78 is 21.6. The van der Waals surface area contributed by atoms with Crippen LogP contribution in [-0.2, 0) is 11.3 Å². The lowest BCUT2D eigenvalue weighted by atomic mass is 10.1. The van der Waals surface area contributed by atoms with E-state index in [0.717, 1.165) is 22.4 Å². The molecule has 0 aliphatic carbocycles. The standard InChI is InChI=1S/C25H24O5/c1-27-22-8-4-6-19(16-22)17-30-24-20(7-5-9-23(24)28-2)13-10-18-11-14-21(15-12-18)25(26)29-3/h4-16H,17H2,1-3H3/b13-10+. The first-order chi connectivity index (χ1) is 14.6. The highest BCUT2D eigenvalue weighted by Gasteiger charge is 2.10. The van der Waals surface area contributed by atoms with E-state index in [1.165, 1.54) is 7.11 Å². The highest BCUT2D eigenvalue weighted by atomic mass is 16.5. The molecule has 0 radical (unpaired) electrons. The normalized spacial score (nSPS) is 10.6. The van der Waals surface area contributed by atoms with Crippen LogP contribution in [0.3, 0.4) is 0 Å². The topological polar surface area (TPSA) is 54.0 Å². The van der Waals surface area contributed by atoms with Crippen LogP contribution in [0.15, 0.2) is 66.7 Å². The lowest BCUT2D eigenvalue weighted by Crippen LogP contribution is -2.00. The number of methoxy groups -OCH3 is 3. The van der Waals surface area contributed by atoms with Gasteiger partial charge in [0.25, 0.3) is 0 Å². The second kappa shape index (κ2) is 10.2. The van der Waals surface area contributed by atoms with Crippen LogP contribution in [0.4, 0.5) is 0 Å². The van der Waals surface area contributed by atoms with Crippen molar-refractivity contribution in [3.63, 3.8) is 0 Å². The van der Waals surface area contributed by atoms with E-state index >= 15 is 0 Å². The van der Waals surface area contributed by atoms with Gasteiger partial charge in [0.05, 0.1) is 26.9 Å². The van der Waals surface area contributed by atoms with Gasteiger partial charge in [-0.15, -0.1) is 0 Å². The van der Waals surface area contributed by atoms with E-state index < -0.39 is 0 Å². The molecule has 0 unspecified atom stereocenters. The predicted molar refractivity (Wildman–Crippen MR) is 117 cm³/mol. The minimum absolute atomic E-state index is 0.355. The SMILES string of the molecule is COC(=O)c1ccc(/C=C/c2cccc(OC)c2OCc2cccc(OC)c2)cc1. The first-order valence-electron chi connectivity index (χ1n) is 9.44. The Bertz CT molecular complexity index is 1020. The number of esters is 1. The van der Waals surface area contributed by atoms with Crippen molar-refractivity contribution in [2.75, 3.05) is 21.3 Å². The van der Waals surface area contributed by atoms with Gasteiger partial charge in [-0.2, -0.15) is 0 Å². The molecule has 5 heteroatoms. The fourth-order valence-corrected chi connectivity index (χ4v) is 2.93. The first-order valence-corrected chi connectivity index (χ1v) is 9.44. The van der Waals surface area contributed by atoms with Crippen molar-refractivity contribution in [2.24, 2.45) is 0 Å². The third kappa shape index (κ3) is 5.20. The molecule has 0 atom stereocenters. The van der Waals surface area contributed by atoms with Crippen molar-refractivity contribution >= 4 is 18.1 Å². The fraction of sp³-hybridized carbons (Fsp3) is 0.160. The number of ether oxygens (including phenoxy) is 4. The van der Waals surface area contributed by atoms with E-state index in [4.69, 9.17) is 18.9 Å². The van der Waals surface area contributed by atoms with Crippen molar-refractivity contribution in [3.05, 3.63) is 89.0 Å². The monoisotopic (exact) mass is 404 g/mol. The van der Waals surface area contributed by atoms with Gasteiger partial charge < -0.3 is 18.9 Å². The van der Waals surface area contributed by atoms with Crippen LogP contribution in [0, 0.1) is 0 Å². The largest absolute Gasteiger partial charge is 0.497 e. The fourth-order valence-electron chi connectivity index (χ4n) is 2.93. The molecular formula is C25H24O5. The summed E-state index contributed by atoms with van der Waals surface area (Å²) in [6, 6.07) is 20.7. The summed E-state index contributed by atoms with van der Waals surface area (Å²) in [7, 11) is 4.62. The molecule has 3 aromatic carbocycles. The van der Waals surface area contributed by atoms with Crippen LogP contribution < -0.4 is 14.2 Å². The van der Waals surface area contributed by atoms with Gasteiger partial charge in [0.2, 0.25) is 0 Å². The summed E-state index contributed by atoms with van der Waals surface area (Å²) in [5.74, 6) is 1.74. The van der Waals surface area contributed by atoms with E-state index in [-0.39, 0.29) is 5.97 Å². The molecule has 0 bridgehead atoms. The van der Waals surface area contributed by atoms with E-state index in [1.54, 1.807) is 26.4 Å². The zero-order chi connectivity index (χ0) is 21.3. The van der Waals surface area contributed by atoms with Crippen LogP contribution >= 0.6 is 0 Å². The van der Waals surface area contributed by atoms with Gasteiger partial charge in [0.15, 0.2) is 11.5 Å². The molecule has 154 valence electrons. The van der Waals surface area contributed by atoms with Crippen molar-refractivity contribution in [1.82, 2.24) is 0 Å². The zero-order valence-electron chi connectivity index (χ0n) is 17.3. The van der Waals surface area contributed by atoms with Gasteiger partial charge in [-0.25, -0.2) is 4.79 Å². The number of hydrogen-bond acceptors (Lipinski definition) is 5. The molecule has 0 saturated heterocycles.